The Morgan fingerprint density at radius 3 is 2.64 bits per heavy atom. The molecule has 0 radical (unpaired) electrons. The van der Waals surface area contributed by atoms with Crippen molar-refractivity contribution in [3.63, 3.8) is 0 Å². The molecule has 0 aromatic heterocycles. The van der Waals surface area contributed by atoms with Gasteiger partial charge in [-0.2, -0.15) is 11.8 Å². The first-order chi connectivity index (χ1) is 11.9. The molecule has 4 nitrogen and oxygen atoms in total. The number of ketones is 1. The zero-order valence-corrected chi connectivity index (χ0v) is 17.3. The van der Waals surface area contributed by atoms with Crippen molar-refractivity contribution < 1.29 is 19.8 Å². The average molecular weight is 391 g/mol. The summed E-state index contributed by atoms with van der Waals surface area (Å²) in [5.41, 5.74) is -0.686. The average Bonchev–Trinajstić information content (AvgIpc) is 2.89. The highest BCUT2D eigenvalue weighted by Gasteiger charge is 2.36. The second kappa shape index (κ2) is 12.2. The van der Waals surface area contributed by atoms with Crippen molar-refractivity contribution in [3.8, 4) is 0 Å². The van der Waals surface area contributed by atoms with Gasteiger partial charge in [0.15, 0.2) is 0 Å². The summed E-state index contributed by atoms with van der Waals surface area (Å²) in [5.74, 6) is 1.22. The minimum absolute atomic E-state index is 0.0154. The summed E-state index contributed by atoms with van der Waals surface area (Å²) in [4.78, 5) is 22.7. The Bertz CT molecular complexity index is 412. The first-order valence-corrected chi connectivity index (χ1v) is 11.7. The Labute approximate surface area is 160 Å². The second-order valence-corrected chi connectivity index (χ2v) is 9.78. The van der Waals surface area contributed by atoms with Gasteiger partial charge in [0.25, 0.3) is 0 Å². The highest BCUT2D eigenvalue weighted by Crippen LogP contribution is 2.37. The van der Waals surface area contributed by atoms with Gasteiger partial charge >= 0.3 is 5.97 Å². The smallest absolute Gasteiger partial charge is 0.303 e. The summed E-state index contributed by atoms with van der Waals surface area (Å²) in [6.45, 7) is 4.05. The van der Waals surface area contributed by atoms with E-state index >= 15 is 0 Å². The highest BCUT2D eigenvalue weighted by atomic mass is 32.2. The summed E-state index contributed by atoms with van der Waals surface area (Å²) < 4.78 is 0. The van der Waals surface area contributed by atoms with E-state index in [0.29, 0.717) is 23.2 Å². The Morgan fingerprint density at radius 2 is 1.96 bits per heavy atom. The molecule has 1 unspecified atom stereocenters. The molecule has 0 spiro atoms. The molecule has 3 atom stereocenters. The molecule has 25 heavy (non-hydrogen) atoms. The maximum absolute atomic E-state index is 12.2. The van der Waals surface area contributed by atoms with Gasteiger partial charge in [-0.3, -0.25) is 9.59 Å². The first kappa shape index (κ1) is 22.8. The summed E-state index contributed by atoms with van der Waals surface area (Å²) >= 11 is 3.50. The van der Waals surface area contributed by atoms with Crippen molar-refractivity contribution in [1.29, 1.82) is 0 Å². The van der Waals surface area contributed by atoms with E-state index in [4.69, 9.17) is 5.11 Å². The number of rotatable bonds is 14. The van der Waals surface area contributed by atoms with Crippen LogP contribution >= 0.6 is 23.5 Å². The number of Topliss-reactive ketones (excluding diaryl/α,β-unsaturated/α-hetero) is 1. The van der Waals surface area contributed by atoms with Crippen molar-refractivity contribution in [2.45, 2.75) is 94.2 Å². The van der Waals surface area contributed by atoms with Crippen LogP contribution in [-0.2, 0) is 9.59 Å². The molecule has 1 saturated carbocycles. The Kier molecular flexibility index (Phi) is 11.2. The van der Waals surface area contributed by atoms with Gasteiger partial charge in [0, 0.05) is 23.8 Å². The minimum Gasteiger partial charge on any atom is -0.481 e. The molecule has 1 fully saturated rings. The Morgan fingerprint density at radius 1 is 1.20 bits per heavy atom. The van der Waals surface area contributed by atoms with Gasteiger partial charge in [-0.05, 0) is 38.4 Å². The predicted octanol–water partition coefficient (Wildman–Crippen LogP) is 4.53. The number of hydrogen-bond donors (Lipinski definition) is 2. The lowest BCUT2D eigenvalue weighted by atomic mass is 10.0. The molecule has 1 rings (SSSR count). The molecular formula is C19H34O4S2. The van der Waals surface area contributed by atoms with Crippen LogP contribution in [0, 0.1) is 0 Å². The fraction of sp³-hybridized carbons (Fsp3) is 0.895. The van der Waals surface area contributed by atoms with E-state index in [2.05, 4.69) is 6.92 Å². The number of carboxylic acids is 1. The number of hydrogen-bond acceptors (Lipinski definition) is 5. The molecule has 0 saturated heterocycles. The third kappa shape index (κ3) is 9.90. The number of aliphatic carboxylic acids is 1. The van der Waals surface area contributed by atoms with E-state index in [-0.39, 0.29) is 11.7 Å². The molecule has 0 heterocycles. The van der Waals surface area contributed by atoms with Crippen LogP contribution in [0.15, 0.2) is 0 Å². The monoisotopic (exact) mass is 390 g/mol. The summed E-state index contributed by atoms with van der Waals surface area (Å²) in [6.07, 6.45) is 8.65. The highest BCUT2D eigenvalue weighted by molar-refractivity contribution is 8.04. The molecule has 0 aliphatic heterocycles. The van der Waals surface area contributed by atoms with Crippen LogP contribution in [0.3, 0.4) is 0 Å². The quantitative estimate of drug-likeness (QED) is 0.425. The lowest BCUT2D eigenvalue weighted by Gasteiger charge is -2.26. The van der Waals surface area contributed by atoms with Crippen molar-refractivity contribution in [3.05, 3.63) is 0 Å². The summed E-state index contributed by atoms with van der Waals surface area (Å²) in [5, 5.41) is 19.5. The van der Waals surface area contributed by atoms with Crippen LogP contribution in [-0.4, -0.2) is 49.6 Å². The van der Waals surface area contributed by atoms with Gasteiger partial charge in [0.1, 0.15) is 5.78 Å². The van der Waals surface area contributed by atoms with Crippen LogP contribution in [0.2, 0.25) is 0 Å². The van der Waals surface area contributed by atoms with Crippen LogP contribution in [0.5, 0.6) is 0 Å². The fourth-order valence-electron chi connectivity index (χ4n) is 3.04. The lowest BCUT2D eigenvalue weighted by molar-refractivity contribution is -0.137. The fourth-order valence-corrected chi connectivity index (χ4v) is 6.14. The summed E-state index contributed by atoms with van der Waals surface area (Å²) in [6, 6.07) is 0. The molecule has 0 amide bonds. The van der Waals surface area contributed by atoms with Crippen LogP contribution in [0.1, 0.15) is 78.1 Å². The molecule has 1 aliphatic rings. The number of unbranched alkanes of at least 4 members (excludes halogenated alkanes) is 4. The minimum atomic E-state index is -0.725. The van der Waals surface area contributed by atoms with E-state index in [9.17, 15) is 14.7 Å². The molecule has 6 heteroatoms. The van der Waals surface area contributed by atoms with Crippen LogP contribution in [0.25, 0.3) is 0 Å². The van der Waals surface area contributed by atoms with E-state index in [1.54, 1.807) is 11.8 Å². The molecule has 1 aliphatic carbocycles. The van der Waals surface area contributed by atoms with Crippen LogP contribution in [0.4, 0.5) is 0 Å². The van der Waals surface area contributed by atoms with E-state index in [0.717, 1.165) is 57.1 Å². The predicted molar refractivity (Wildman–Crippen MR) is 108 cm³/mol. The van der Waals surface area contributed by atoms with Crippen molar-refractivity contribution in [1.82, 2.24) is 0 Å². The van der Waals surface area contributed by atoms with Gasteiger partial charge in [0.2, 0.25) is 0 Å². The van der Waals surface area contributed by atoms with Gasteiger partial charge < -0.3 is 10.2 Å². The second-order valence-electron chi connectivity index (χ2n) is 7.30. The number of thioether (sulfide) groups is 2. The third-order valence-electron chi connectivity index (χ3n) is 4.59. The van der Waals surface area contributed by atoms with E-state index in [1.807, 2.05) is 18.7 Å². The van der Waals surface area contributed by atoms with Gasteiger partial charge in [-0.25, -0.2) is 0 Å². The number of carbonyl (C=O) groups excluding carboxylic acids is 1. The normalized spacial score (nSPS) is 22.9. The zero-order valence-electron chi connectivity index (χ0n) is 15.7. The first-order valence-electron chi connectivity index (χ1n) is 9.56. The van der Waals surface area contributed by atoms with Crippen LogP contribution < -0.4 is 0 Å². The summed E-state index contributed by atoms with van der Waals surface area (Å²) in [7, 11) is 0. The SMILES string of the molecule is CCCCCC(C)(O)CS[C@H]1C(=O)CC[C@@H]1SCCCCCC(=O)O. The number of carboxylic acid groups (broad SMARTS) is 1. The molecule has 146 valence electrons. The molecule has 0 aromatic carbocycles. The Balaban J connectivity index is 2.28. The number of carbonyl (C=O) groups is 2. The van der Waals surface area contributed by atoms with Crippen molar-refractivity contribution in [2.75, 3.05) is 11.5 Å². The maximum Gasteiger partial charge on any atom is 0.303 e. The lowest BCUT2D eigenvalue weighted by Crippen LogP contribution is -2.31. The number of aliphatic hydroxyl groups is 1. The maximum atomic E-state index is 12.2. The molecule has 2 N–H and O–H groups in total. The van der Waals surface area contributed by atoms with Crippen molar-refractivity contribution >= 4 is 35.3 Å². The van der Waals surface area contributed by atoms with E-state index < -0.39 is 11.6 Å². The van der Waals surface area contributed by atoms with Crippen molar-refractivity contribution in [2.24, 2.45) is 0 Å². The topological polar surface area (TPSA) is 74.6 Å². The largest absolute Gasteiger partial charge is 0.481 e. The van der Waals surface area contributed by atoms with Gasteiger partial charge in [0.05, 0.1) is 10.9 Å². The standard InChI is InChI=1S/C19H34O4S2/c1-3-4-7-12-19(2,23)14-25-18-15(20)10-11-16(18)24-13-8-5-6-9-17(21)22/h16,18,23H,3-14H2,1-2H3,(H,21,22)/t16-,18-,19?/m0/s1. The zero-order chi connectivity index (χ0) is 18.7. The Hall–Kier alpha value is -0.200. The van der Waals surface area contributed by atoms with Gasteiger partial charge in [-0.15, -0.1) is 11.8 Å². The molecular weight excluding hydrogens is 356 g/mol. The molecule has 0 aromatic rings. The van der Waals surface area contributed by atoms with E-state index in [1.165, 1.54) is 0 Å². The molecule has 0 bridgehead atoms. The van der Waals surface area contributed by atoms with Gasteiger partial charge in [-0.1, -0.05) is 32.6 Å². The third-order valence-corrected chi connectivity index (χ3v) is 7.96.